The maximum atomic E-state index is 13.4. The molecule has 0 radical (unpaired) electrons. The topological polar surface area (TPSA) is 68.6 Å². The molecule has 29 heavy (non-hydrogen) atoms. The number of benzene rings is 1. The Morgan fingerprint density at radius 3 is 2.45 bits per heavy atom. The average molecular weight is 419 g/mol. The first-order chi connectivity index (χ1) is 13.6. The van der Waals surface area contributed by atoms with Crippen molar-refractivity contribution in [2.45, 2.75) is 40.2 Å². The molecule has 1 heterocycles. The average Bonchev–Trinajstić information content (AvgIpc) is 2.92. The van der Waals surface area contributed by atoms with Gasteiger partial charge in [-0.05, 0) is 51.0 Å². The second kappa shape index (κ2) is 9.27. The Kier molecular flexibility index (Phi) is 7.25. The van der Waals surface area contributed by atoms with Crippen molar-refractivity contribution in [2.75, 3.05) is 13.7 Å². The quantitative estimate of drug-likeness (QED) is 0.499. The van der Waals surface area contributed by atoms with Gasteiger partial charge in [0.1, 0.15) is 5.69 Å². The van der Waals surface area contributed by atoms with E-state index >= 15 is 0 Å². The summed E-state index contributed by atoms with van der Waals surface area (Å²) in [6.45, 7) is 7.59. The van der Waals surface area contributed by atoms with E-state index in [4.69, 9.17) is 16.3 Å². The van der Waals surface area contributed by atoms with Crippen molar-refractivity contribution in [1.29, 1.82) is 0 Å². The number of hydrogen-bond acceptors (Lipinski definition) is 4. The number of carbonyl (C=O) groups is 3. The molecule has 0 fully saturated rings. The standard InChI is InChI=1S/C22H27ClN2O4/c1-7-11-25(21(27)16-9-8-10-17(23)12-16)15(4)20(26)18-13(2)19(22(28)29-6)24(5)14(18)3/h8-10,12,15H,7,11H2,1-6H3/t15-/m0/s1. The zero-order valence-corrected chi connectivity index (χ0v) is 18.5. The van der Waals surface area contributed by atoms with Gasteiger partial charge in [0.15, 0.2) is 5.78 Å². The molecule has 1 atom stereocenters. The van der Waals surface area contributed by atoms with Gasteiger partial charge < -0.3 is 14.2 Å². The second-order valence-electron chi connectivity index (χ2n) is 7.03. The smallest absolute Gasteiger partial charge is 0.354 e. The summed E-state index contributed by atoms with van der Waals surface area (Å²) in [6.07, 6.45) is 0.699. The lowest BCUT2D eigenvalue weighted by atomic mass is 9.99. The van der Waals surface area contributed by atoms with Crippen molar-refractivity contribution in [3.63, 3.8) is 0 Å². The van der Waals surface area contributed by atoms with Crippen molar-refractivity contribution in [3.8, 4) is 0 Å². The summed E-state index contributed by atoms with van der Waals surface area (Å²) in [7, 11) is 3.03. The first kappa shape index (κ1) is 22.7. The van der Waals surface area contributed by atoms with E-state index in [1.807, 2.05) is 6.92 Å². The molecule has 6 nitrogen and oxygen atoms in total. The maximum Gasteiger partial charge on any atom is 0.354 e. The highest BCUT2D eigenvalue weighted by Crippen LogP contribution is 2.25. The van der Waals surface area contributed by atoms with Crippen molar-refractivity contribution in [2.24, 2.45) is 7.05 Å². The Hall–Kier alpha value is -2.60. The summed E-state index contributed by atoms with van der Waals surface area (Å²) >= 11 is 6.03. The lowest BCUT2D eigenvalue weighted by Crippen LogP contribution is -2.44. The van der Waals surface area contributed by atoms with Crippen molar-refractivity contribution in [1.82, 2.24) is 9.47 Å². The van der Waals surface area contributed by atoms with Crippen LogP contribution < -0.4 is 0 Å². The largest absolute Gasteiger partial charge is 0.464 e. The summed E-state index contributed by atoms with van der Waals surface area (Å²) in [5.41, 5.74) is 2.43. The molecule has 2 rings (SSSR count). The van der Waals surface area contributed by atoms with Crippen LogP contribution in [0.3, 0.4) is 0 Å². The number of Topliss-reactive ketones (excluding diaryl/α,β-unsaturated/α-hetero) is 1. The Morgan fingerprint density at radius 1 is 1.24 bits per heavy atom. The molecule has 0 aliphatic heterocycles. The molecule has 0 N–H and O–H groups in total. The third-order valence-corrected chi connectivity index (χ3v) is 5.43. The van der Waals surface area contributed by atoms with Crippen LogP contribution in [-0.2, 0) is 11.8 Å². The number of ketones is 1. The van der Waals surface area contributed by atoms with E-state index in [-0.39, 0.29) is 11.7 Å². The van der Waals surface area contributed by atoms with Crippen LogP contribution in [0.4, 0.5) is 0 Å². The highest BCUT2D eigenvalue weighted by Gasteiger charge is 2.32. The second-order valence-corrected chi connectivity index (χ2v) is 7.47. The van der Waals surface area contributed by atoms with E-state index in [0.717, 1.165) is 0 Å². The predicted molar refractivity (Wildman–Crippen MR) is 113 cm³/mol. The molecule has 0 aliphatic carbocycles. The predicted octanol–water partition coefficient (Wildman–Crippen LogP) is 4.21. The minimum absolute atomic E-state index is 0.213. The molecule has 0 bridgehead atoms. The SMILES string of the molecule is CCCN(C(=O)c1cccc(Cl)c1)[C@@H](C)C(=O)c1c(C)c(C(=O)OC)n(C)c1C. The molecule has 0 spiro atoms. The molecule has 2 aromatic rings. The van der Waals surface area contributed by atoms with E-state index < -0.39 is 12.0 Å². The van der Waals surface area contributed by atoms with Gasteiger partial charge in [0, 0.05) is 35.4 Å². The molecule has 0 aliphatic rings. The number of nitrogens with zero attached hydrogens (tertiary/aromatic N) is 2. The van der Waals surface area contributed by atoms with Crippen LogP contribution in [-0.4, -0.2) is 46.8 Å². The van der Waals surface area contributed by atoms with E-state index in [0.29, 0.717) is 46.1 Å². The van der Waals surface area contributed by atoms with Gasteiger partial charge in [-0.25, -0.2) is 4.79 Å². The molecule has 1 aromatic carbocycles. The number of carbonyl (C=O) groups excluding carboxylic acids is 3. The molecular weight excluding hydrogens is 392 g/mol. The number of hydrogen-bond donors (Lipinski definition) is 0. The zero-order valence-electron chi connectivity index (χ0n) is 17.7. The third kappa shape index (κ3) is 4.37. The van der Waals surface area contributed by atoms with Crippen LogP contribution >= 0.6 is 11.6 Å². The van der Waals surface area contributed by atoms with Gasteiger partial charge in [-0.3, -0.25) is 9.59 Å². The first-order valence-corrected chi connectivity index (χ1v) is 9.88. The van der Waals surface area contributed by atoms with Crippen LogP contribution in [0.2, 0.25) is 5.02 Å². The van der Waals surface area contributed by atoms with E-state index in [2.05, 4.69) is 0 Å². The van der Waals surface area contributed by atoms with E-state index in [9.17, 15) is 14.4 Å². The lowest BCUT2D eigenvalue weighted by molar-refractivity contribution is 0.0588. The zero-order chi connectivity index (χ0) is 21.9. The molecule has 7 heteroatoms. The van der Waals surface area contributed by atoms with Gasteiger partial charge in [0.25, 0.3) is 5.91 Å². The van der Waals surface area contributed by atoms with Gasteiger partial charge in [-0.2, -0.15) is 0 Å². The molecule has 0 saturated heterocycles. The minimum Gasteiger partial charge on any atom is -0.464 e. The van der Waals surface area contributed by atoms with Gasteiger partial charge in [0.05, 0.1) is 13.2 Å². The number of ether oxygens (including phenoxy) is 1. The number of halogens is 1. The maximum absolute atomic E-state index is 13.4. The van der Waals surface area contributed by atoms with E-state index in [1.54, 1.807) is 61.6 Å². The van der Waals surface area contributed by atoms with Gasteiger partial charge in [-0.1, -0.05) is 24.6 Å². The Labute approximate surface area is 176 Å². The summed E-state index contributed by atoms with van der Waals surface area (Å²) < 4.78 is 6.51. The Morgan fingerprint density at radius 2 is 1.90 bits per heavy atom. The summed E-state index contributed by atoms with van der Waals surface area (Å²) in [6, 6.07) is 5.98. The van der Waals surface area contributed by atoms with Crippen LogP contribution in [0.5, 0.6) is 0 Å². The Balaban J connectivity index is 2.45. The number of methoxy groups -OCH3 is 1. The van der Waals surface area contributed by atoms with Crippen LogP contribution in [0.1, 0.15) is 62.7 Å². The van der Waals surface area contributed by atoms with Crippen molar-refractivity contribution >= 4 is 29.3 Å². The molecule has 156 valence electrons. The fourth-order valence-electron chi connectivity index (χ4n) is 3.58. The van der Waals surface area contributed by atoms with Crippen molar-refractivity contribution < 1.29 is 19.1 Å². The molecular formula is C22H27ClN2O4. The fraction of sp³-hybridized carbons (Fsp3) is 0.409. The summed E-state index contributed by atoms with van der Waals surface area (Å²) in [5, 5.41) is 0.462. The van der Waals surface area contributed by atoms with Gasteiger partial charge >= 0.3 is 5.97 Å². The highest BCUT2D eigenvalue weighted by atomic mass is 35.5. The summed E-state index contributed by atoms with van der Waals surface area (Å²) in [4.78, 5) is 40.2. The first-order valence-electron chi connectivity index (χ1n) is 9.50. The highest BCUT2D eigenvalue weighted by molar-refractivity contribution is 6.31. The number of esters is 1. The molecule has 0 unspecified atom stereocenters. The monoisotopic (exact) mass is 418 g/mol. The van der Waals surface area contributed by atoms with Crippen LogP contribution in [0, 0.1) is 13.8 Å². The lowest BCUT2D eigenvalue weighted by Gasteiger charge is -2.28. The molecule has 0 saturated carbocycles. The summed E-state index contributed by atoms with van der Waals surface area (Å²) in [5.74, 6) is -0.968. The normalized spacial score (nSPS) is 11.8. The fourth-order valence-corrected chi connectivity index (χ4v) is 3.77. The van der Waals surface area contributed by atoms with E-state index in [1.165, 1.54) is 7.11 Å². The van der Waals surface area contributed by atoms with Crippen LogP contribution in [0.15, 0.2) is 24.3 Å². The Bertz CT molecular complexity index is 949. The number of aromatic nitrogens is 1. The number of amides is 1. The number of rotatable bonds is 7. The van der Waals surface area contributed by atoms with Crippen molar-refractivity contribution in [3.05, 3.63) is 57.4 Å². The molecule has 1 amide bonds. The minimum atomic E-state index is -0.702. The molecule has 1 aromatic heterocycles. The van der Waals surface area contributed by atoms with Gasteiger partial charge in [0.2, 0.25) is 0 Å². The van der Waals surface area contributed by atoms with Crippen LogP contribution in [0.25, 0.3) is 0 Å². The van der Waals surface area contributed by atoms with Gasteiger partial charge in [-0.15, -0.1) is 0 Å². The third-order valence-electron chi connectivity index (χ3n) is 5.20.